The second-order valence-corrected chi connectivity index (χ2v) is 7.81. The topological polar surface area (TPSA) is 61.2 Å². The van der Waals surface area contributed by atoms with Gasteiger partial charge in [-0.3, -0.25) is 0 Å². The van der Waals surface area contributed by atoms with Gasteiger partial charge in [0.05, 0.1) is 7.11 Å². The molecule has 3 aromatic carbocycles. The Kier molecular flexibility index (Phi) is 5.52. The van der Waals surface area contributed by atoms with Crippen LogP contribution in [0, 0.1) is 0 Å². The van der Waals surface area contributed by atoms with Gasteiger partial charge in [0.1, 0.15) is 19.0 Å². The Bertz CT molecular complexity index is 1250. The summed E-state index contributed by atoms with van der Waals surface area (Å²) in [5.74, 6) is 2.03. The number of hydrogen-bond donors (Lipinski definition) is 1. The normalized spacial score (nSPS) is 14.8. The first-order valence-electron chi connectivity index (χ1n) is 10.2. The predicted octanol–water partition coefficient (Wildman–Crippen LogP) is 5.58. The average molecular weight is 445 g/mol. The van der Waals surface area contributed by atoms with Crippen LogP contribution in [-0.4, -0.2) is 21.9 Å². The Morgan fingerprint density at radius 3 is 2.59 bits per heavy atom. The van der Waals surface area contributed by atoms with Crippen LogP contribution in [0.15, 0.2) is 85.2 Å². The largest absolute Gasteiger partial charge is 0.493 e. The number of allylic oxidation sites excluding steroid dienone is 1. The highest BCUT2D eigenvalue weighted by molar-refractivity contribution is 6.30. The van der Waals surface area contributed by atoms with E-state index < -0.39 is 0 Å². The number of nitrogens with zero attached hydrogens (tertiary/aromatic N) is 3. The van der Waals surface area contributed by atoms with Crippen LogP contribution in [-0.2, 0) is 6.61 Å². The molecule has 1 atom stereocenters. The van der Waals surface area contributed by atoms with E-state index in [2.05, 4.69) is 21.5 Å². The number of aromatic nitrogens is 3. The fourth-order valence-electron chi connectivity index (χ4n) is 3.69. The van der Waals surface area contributed by atoms with E-state index in [1.165, 1.54) is 0 Å². The zero-order valence-corrected chi connectivity index (χ0v) is 18.2. The first-order chi connectivity index (χ1) is 15.7. The Balaban J connectivity index is 1.50. The Labute approximate surface area is 191 Å². The number of benzene rings is 3. The van der Waals surface area contributed by atoms with Gasteiger partial charge in [0.25, 0.3) is 0 Å². The van der Waals surface area contributed by atoms with Crippen LogP contribution in [0.2, 0.25) is 5.02 Å². The quantitative estimate of drug-likeness (QED) is 0.421. The molecule has 0 saturated carbocycles. The lowest BCUT2D eigenvalue weighted by Gasteiger charge is -2.25. The lowest BCUT2D eigenvalue weighted by Crippen LogP contribution is -2.20. The Morgan fingerprint density at radius 2 is 1.81 bits per heavy atom. The minimum Gasteiger partial charge on any atom is -0.493 e. The second kappa shape index (κ2) is 8.77. The van der Waals surface area contributed by atoms with Crippen LogP contribution in [0.5, 0.6) is 11.5 Å². The van der Waals surface area contributed by atoms with Crippen molar-refractivity contribution in [2.75, 3.05) is 12.4 Å². The van der Waals surface area contributed by atoms with Crippen molar-refractivity contribution in [3.05, 3.63) is 107 Å². The third-order valence-electron chi connectivity index (χ3n) is 5.33. The van der Waals surface area contributed by atoms with Gasteiger partial charge < -0.3 is 14.8 Å². The lowest BCUT2D eigenvalue weighted by molar-refractivity contribution is 0.284. The molecule has 0 amide bonds. The molecular weight excluding hydrogens is 424 g/mol. The monoisotopic (exact) mass is 444 g/mol. The van der Waals surface area contributed by atoms with Gasteiger partial charge in [-0.2, -0.15) is 10.1 Å². The van der Waals surface area contributed by atoms with E-state index in [1.807, 2.05) is 77.5 Å². The van der Waals surface area contributed by atoms with Gasteiger partial charge in [-0.25, -0.2) is 4.68 Å². The fourth-order valence-corrected chi connectivity index (χ4v) is 3.82. The summed E-state index contributed by atoms with van der Waals surface area (Å²) in [6.45, 7) is 0.452. The number of fused-ring (bicyclic) bond motifs is 1. The Morgan fingerprint density at radius 1 is 1.00 bits per heavy atom. The van der Waals surface area contributed by atoms with Crippen molar-refractivity contribution in [1.29, 1.82) is 0 Å². The summed E-state index contributed by atoms with van der Waals surface area (Å²) in [6, 6.07) is 23.5. The average Bonchev–Trinajstić information content (AvgIpc) is 3.32. The van der Waals surface area contributed by atoms with E-state index in [-0.39, 0.29) is 6.04 Å². The third-order valence-corrected chi connectivity index (χ3v) is 5.58. The number of hydrogen-bond acceptors (Lipinski definition) is 5. The molecule has 1 N–H and O–H groups in total. The van der Waals surface area contributed by atoms with Gasteiger partial charge in [-0.15, -0.1) is 0 Å². The molecule has 0 aliphatic carbocycles. The molecule has 1 aromatic heterocycles. The van der Waals surface area contributed by atoms with Crippen LogP contribution in [0.25, 0.3) is 5.70 Å². The molecule has 0 bridgehead atoms. The molecule has 0 saturated heterocycles. The van der Waals surface area contributed by atoms with Crippen LogP contribution in [0.3, 0.4) is 0 Å². The molecule has 1 aliphatic heterocycles. The molecule has 4 aromatic rings. The van der Waals surface area contributed by atoms with Crippen molar-refractivity contribution >= 4 is 23.2 Å². The molecule has 160 valence electrons. The summed E-state index contributed by atoms with van der Waals surface area (Å²) in [5, 5.41) is 8.47. The van der Waals surface area contributed by atoms with Gasteiger partial charge >= 0.3 is 0 Å². The molecule has 0 radical (unpaired) electrons. The summed E-state index contributed by atoms with van der Waals surface area (Å²) in [4.78, 5) is 4.38. The van der Waals surface area contributed by atoms with E-state index in [4.69, 9.17) is 21.1 Å². The van der Waals surface area contributed by atoms with E-state index in [0.717, 1.165) is 22.4 Å². The zero-order valence-electron chi connectivity index (χ0n) is 17.4. The molecule has 0 fully saturated rings. The molecule has 32 heavy (non-hydrogen) atoms. The maximum atomic E-state index is 6.12. The minimum atomic E-state index is -0.163. The van der Waals surface area contributed by atoms with Gasteiger partial charge in [-0.1, -0.05) is 60.1 Å². The molecule has 6 nitrogen and oxygen atoms in total. The number of methoxy groups -OCH3 is 1. The summed E-state index contributed by atoms with van der Waals surface area (Å²) in [7, 11) is 1.64. The third kappa shape index (κ3) is 4.05. The number of ether oxygens (including phenoxy) is 2. The van der Waals surface area contributed by atoms with Crippen molar-refractivity contribution in [2.45, 2.75) is 12.6 Å². The van der Waals surface area contributed by atoms with Crippen molar-refractivity contribution in [2.24, 2.45) is 0 Å². The van der Waals surface area contributed by atoms with Gasteiger partial charge in [0, 0.05) is 10.7 Å². The first kappa shape index (κ1) is 20.2. The van der Waals surface area contributed by atoms with Gasteiger partial charge in [-0.05, 0) is 47.0 Å². The summed E-state index contributed by atoms with van der Waals surface area (Å²) in [5.41, 5.74) is 4.05. The minimum absolute atomic E-state index is 0.163. The van der Waals surface area contributed by atoms with Crippen molar-refractivity contribution in [3.8, 4) is 11.5 Å². The number of halogens is 1. The highest BCUT2D eigenvalue weighted by Gasteiger charge is 2.24. The highest BCUT2D eigenvalue weighted by Crippen LogP contribution is 2.36. The zero-order chi connectivity index (χ0) is 21.9. The van der Waals surface area contributed by atoms with Crippen LogP contribution >= 0.6 is 11.6 Å². The van der Waals surface area contributed by atoms with Crippen LogP contribution in [0.4, 0.5) is 5.95 Å². The van der Waals surface area contributed by atoms with Crippen molar-refractivity contribution < 1.29 is 9.47 Å². The molecular formula is C25H21ClN4O2. The summed E-state index contributed by atoms with van der Waals surface area (Å²) < 4.78 is 13.5. The lowest BCUT2D eigenvalue weighted by atomic mass is 10.0. The molecule has 5 rings (SSSR count). The molecule has 0 spiro atoms. The SMILES string of the molecule is COc1ccc([C@@H]2C=C(c3ccc(Cl)cc3)Nc3ncnn32)cc1OCc1ccccc1. The van der Waals surface area contributed by atoms with Gasteiger partial charge in [0.15, 0.2) is 11.5 Å². The van der Waals surface area contributed by atoms with E-state index in [1.54, 1.807) is 13.4 Å². The smallest absolute Gasteiger partial charge is 0.226 e. The summed E-state index contributed by atoms with van der Waals surface area (Å²) in [6.07, 6.45) is 3.66. The van der Waals surface area contributed by atoms with Gasteiger partial charge in [0.2, 0.25) is 5.95 Å². The summed E-state index contributed by atoms with van der Waals surface area (Å²) >= 11 is 6.07. The standard InChI is InChI=1S/C25H21ClN4O2/c1-31-23-12-9-19(13-24(23)32-15-17-5-3-2-4-6-17)22-14-21(18-7-10-20(26)11-8-18)29-25-27-16-28-30(22)25/h2-14,16,22H,15H2,1H3,(H,27,28,29)/t22-/m0/s1. The number of anilines is 1. The molecule has 2 heterocycles. The van der Waals surface area contributed by atoms with E-state index in [9.17, 15) is 0 Å². The highest BCUT2D eigenvalue weighted by atomic mass is 35.5. The maximum Gasteiger partial charge on any atom is 0.226 e. The van der Waals surface area contributed by atoms with Crippen LogP contribution in [0.1, 0.15) is 22.7 Å². The second-order valence-electron chi connectivity index (χ2n) is 7.37. The number of nitrogens with one attached hydrogen (secondary N) is 1. The molecule has 0 unspecified atom stereocenters. The van der Waals surface area contributed by atoms with E-state index in [0.29, 0.717) is 29.1 Å². The van der Waals surface area contributed by atoms with Crippen molar-refractivity contribution in [1.82, 2.24) is 14.8 Å². The fraction of sp³-hybridized carbons (Fsp3) is 0.120. The van der Waals surface area contributed by atoms with E-state index >= 15 is 0 Å². The molecule has 1 aliphatic rings. The van der Waals surface area contributed by atoms with Crippen LogP contribution < -0.4 is 14.8 Å². The molecule has 7 heteroatoms. The Hall–Kier alpha value is -3.77. The first-order valence-corrected chi connectivity index (χ1v) is 10.6. The number of rotatable bonds is 6. The predicted molar refractivity (Wildman–Crippen MR) is 125 cm³/mol. The maximum absolute atomic E-state index is 6.12. The van der Waals surface area contributed by atoms with Crippen molar-refractivity contribution in [3.63, 3.8) is 0 Å².